The van der Waals surface area contributed by atoms with Crippen LogP contribution >= 0.6 is 0 Å². The maximum absolute atomic E-state index is 12.9. The van der Waals surface area contributed by atoms with E-state index in [1.807, 2.05) is 63.5 Å². The number of benzene rings is 1. The summed E-state index contributed by atoms with van der Waals surface area (Å²) in [5.74, 6) is -0.691. The molecule has 1 aromatic heterocycles. The van der Waals surface area contributed by atoms with Crippen molar-refractivity contribution in [1.82, 2.24) is 9.47 Å². The number of carbonyl (C=O) groups is 2. The minimum Gasteiger partial charge on any atom is -0.452 e. The number of carbonyl (C=O) groups excluding carboxylic acids is 2. The Kier molecular flexibility index (Phi) is 7.12. The molecule has 2 aromatic rings. The largest absolute Gasteiger partial charge is 0.452 e. The first kappa shape index (κ1) is 24.0. The van der Waals surface area contributed by atoms with Crippen molar-refractivity contribution in [3.8, 4) is 5.69 Å². The Morgan fingerprint density at radius 3 is 2.47 bits per heavy atom. The van der Waals surface area contributed by atoms with Crippen molar-refractivity contribution in [2.24, 2.45) is 5.92 Å². The Labute approximate surface area is 190 Å². The Morgan fingerprint density at radius 2 is 1.88 bits per heavy atom. The molecule has 1 saturated heterocycles. The van der Waals surface area contributed by atoms with Crippen molar-refractivity contribution in [3.05, 3.63) is 52.8 Å². The standard InChI is InChI=1S/C24H32N2O5S/c1-16(2)13-25(20-10-11-32(29,30)15-20)23(27)14-31-24(28)21-12-18(4)26(19(21)5)22-9-7-6-8-17(22)3/h6-9,12,16,20H,10-11,13-15H2,1-5H3/t20-/m1/s1. The number of hydrogen-bond donors (Lipinski definition) is 0. The van der Waals surface area contributed by atoms with Crippen LogP contribution in [0.4, 0.5) is 0 Å². The van der Waals surface area contributed by atoms with Gasteiger partial charge in [-0.15, -0.1) is 0 Å². The highest BCUT2D eigenvalue weighted by Crippen LogP contribution is 2.24. The Bertz CT molecular complexity index is 1120. The minimum atomic E-state index is -3.13. The predicted molar refractivity (Wildman–Crippen MR) is 124 cm³/mol. The van der Waals surface area contributed by atoms with Gasteiger partial charge in [-0.1, -0.05) is 32.0 Å². The lowest BCUT2D eigenvalue weighted by Crippen LogP contribution is -2.45. The number of sulfone groups is 1. The Hall–Kier alpha value is -2.61. The SMILES string of the molecule is Cc1ccccc1-n1c(C)cc(C(=O)OCC(=O)N(CC(C)C)[C@@H]2CCS(=O)(=O)C2)c1C. The molecule has 8 heteroatoms. The zero-order valence-corrected chi connectivity index (χ0v) is 20.2. The van der Waals surface area contributed by atoms with Gasteiger partial charge in [0.25, 0.3) is 5.91 Å². The van der Waals surface area contributed by atoms with Crippen molar-refractivity contribution >= 4 is 21.7 Å². The van der Waals surface area contributed by atoms with E-state index < -0.39 is 22.4 Å². The third kappa shape index (κ3) is 5.23. The van der Waals surface area contributed by atoms with E-state index in [-0.39, 0.29) is 29.4 Å². The molecule has 7 nitrogen and oxygen atoms in total. The van der Waals surface area contributed by atoms with Crippen LogP contribution in [0.2, 0.25) is 0 Å². The van der Waals surface area contributed by atoms with E-state index in [1.54, 1.807) is 11.0 Å². The van der Waals surface area contributed by atoms with Crippen molar-refractivity contribution in [2.75, 3.05) is 24.7 Å². The Balaban J connectivity index is 1.74. The van der Waals surface area contributed by atoms with Crippen LogP contribution in [0.3, 0.4) is 0 Å². The molecule has 1 aliphatic rings. The van der Waals surface area contributed by atoms with Crippen LogP contribution in [-0.2, 0) is 19.4 Å². The normalized spacial score (nSPS) is 17.5. The van der Waals surface area contributed by atoms with E-state index in [0.717, 1.165) is 22.6 Å². The average molecular weight is 461 g/mol. The molecular formula is C24H32N2O5S. The van der Waals surface area contributed by atoms with Crippen LogP contribution in [0.25, 0.3) is 5.69 Å². The summed E-state index contributed by atoms with van der Waals surface area (Å²) in [6.07, 6.45) is 0.423. The predicted octanol–water partition coefficient (Wildman–Crippen LogP) is 3.23. The van der Waals surface area contributed by atoms with Gasteiger partial charge in [0.15, 0.2) is 16.4 Å². The summed E-state index contributed by atoms with van der Waals surface area (Å²) in [7, 11) is -3.13. The van der Waals surface area contributed by atoms with Gasteiger partial charge in [-0.05, 0) is 50.8 Å². The fraction of sp³-hybridized carbons (Fsp3) is 0.500. The van der Waals surface area contributed by atoms with Gasteiger partial charge in [-0.2, -0.15) is 0 Å². The van der Waals surface area contributed by atoms with Crippen LogP contribution in [0, 0.1) is 26.7 Å². The quantitative estimate of drug-likeness (QED) is 0.592. The molecule has 1 aliphatic heterocycles. The van der Waals surface area contributed by atoms with Gasteiger partial charge in [-0.3, -0.25) is 4.79 Å². The summed E-state index contributed by atoms with van der Waals surface area (Å²) in [4.78, 5) is 27.3. The van der Waals surface area contributed by atoms with E-state index in [9.17, 15) is 18.0 Å². The van der Waals surface area contributed by atoms with Gasteiger partial charge in [-0.25, -0.2) is 13.2 Å². The lowest BCUT2D eigenvalue weighted by Gasteiger charge is -2.29. The average Bonchev–Trinajstić information content (AvgIpc) is 3.22. The van der Waals surface area contributed by atoms with E-state index >= 15 is 0 Å². The van der Waals surface area contributed by atoms with Crippen LogP contribution in [0.15, 0.2) is 30.3 Å². The second-order valence-corrected chi connectivity index (χ2v) is 11.2. The van der Waals surface area contributed by atoms with Gasteiger partial charge < -0.3 is 14.2 Å². The number of nitrogens with zero attached hydrogens (tertiary/aromatic N) is 2. The molecule has 0 N–H and O–H groups in total. The third-order valence-corrected chi connectivity index (χ3v) is 7.62. The lowest BCUT2D eigenvalue weighted by molar-refractivity contribution is -0.137. The van der Waals surface area contributed by atoms with Crippen LogP contribution < -0.4 is 0 Å². The molecule has 32 heavy (non-hydrogen) atoms. The summed E-state index contributed by atoms with van der Waals surface area (Å²) in [6.45, 7) is 9.75. The number of esters is 1. The van der Waals surface area contributed by atoms with E-state index in [0.29, 0.717) is 18.5 Å². The second-order valence-electron chi connectivity index (χ2n) is 8.98. The maximum atomic E-state index is 12.9. The zero-order valence-electron chi connectivity index (χ0n) is 19.4. The van der Waals surface area contributed by atoms with Crippen LogP contribution in [0.1, 0.15) is 47.6 Å². The smallest absolute Gasteiger partial charge is 0.340 e. The Morgan fingerprint density at radius 1 is 1.19 bits per heavy atom. The third-order valence-electron chi connectivity index (χ3n) is 5.87. The van der Waals surface area contributed by atoms with Gasteiger partial charge in [0.05, 0.1) is 17.1 Å². The summed E-state index contributed by atoms with van der Waals surface area (Å²) < 4.78 is 31.2. The number of aromatic nitrogens is 1. The molecule has 0 spiro atoms. The van der Waals surface area contributed by atoms with Gasteiger partial charge >= 0.3 is 5.97 Å². The number of amides is 1. The monoisotopic (exact) mass is 460 g/mol. The van der Waals surface area contributed by atoms with Crippen molar-refractivity contribution in [2.45, 2.75) is 47.1 Å². The lowest BCUT2D eigenvalue weighted by atomic mass is 10.1. The molecule has 0 radical (unpaired) electrons. The van der Waals surface area contributed by atoms with Crippen molar-refractivity contribution in [1.29, 1.82) is 0 Å². The fourth-order valence-electron chi connectivity index (χ4n) is 4.31. The summed E-state index contributed by atoms with van der Waals surface area (Å²) in [6, 6.07) is 9.32. The summed E-state index contributed by atoms with van der Waals surface area (Å²) in [5.41, 5.74) is 4.13. The molecule has 1 atom stereocenters. The molecule has 1 aromatic carbocycles. The highest BCUT2D eigenvalue weighted by molar-refractivity contribution is 7.91. The van der Waals surface area contributed by atoms with Gasteiger partial charge in [0.2, 0.25) is 0 Å². The van der Waals surface area contributed by atoms with Crippen LogP contribution in [-0.4, -0.2) is 60.5 Å². The number of rotatable bonds is 7. The van der Waals surface area contributed by atoms with Crippen LogP contribution in [0.5, 0.6) is 0 Å². The molecule has 3 rings (SSSR count). The summed E-state index contributed by atoms with van der Waals surface area (Å²) in [5, 5.41) is 0. The maximum Gasteiger partial charge on any atom is 0.340 e. The first-order valence-corrected chi connectivity index (χ1v) is 12.7. The van der Waals surface area contributed by atoms with Crippen molar-refractivity contribution < 1.29 is 22.7 Å². The molecule has 2 heterocycles. The molecule has 174 valence electrons. The number of hydrogen-bond acceptors (Lipinski definition) is 5. The topological polar surface area (TPSA) is 85.7 Å². The van der Waals surface area contributed by atoms with Crippen molar-refractivity contribution in [3.63, 3.8) is 0 Å². The first-order chi connectivity index (χ1) is 15.0. The fourth-order valence-corrected chi connectivity index (χ4v) is 6.04. The van der Waals surface area contributed by atoms with Gasteiger partial charge in [0, 0.05) is 29.7 Å². The summed E-state index contributed by atoms with van der Waals surface area (Å²) >= 11 is 0. The molecule has 1 amide bonds. The zero-order chi connectivity index (χ0) is 23.6. The number of para-hydroxylation sites is 1. The highest BCUT2D eigenvalue weighted by Gasteiger charge is 2.35. The molecule has 0 saturated carbocycles. The van der Waals surface area contributed by atoms with Gasteiger partial charge in [0.1, 0.15) is 0 Å². The highest BCUT2D eigenvalue weighted by atomic mass is 32.2. The van der Waals surface area contributed by atoms with E-state index in [4.69, 9.17) is 4.74 Å². The molecule has 0 unspecified atom stereocenters. The number of ether oxygens (including phenoxy) is 1. The second kappa shape index (κ2) is 9.48. The van der Waals surface area contributed by atoms with E-state index in [1.165, 1.54) is 0 Å². The molecular weight excluding hydrogens is 428 g/mol. The number of aryl methyl sites for hydroxylation is 2. The van der Waals surface area contributed by atoms with E-state index in [2.05, 4.69) is 0 Å². The molecule has 0 aliphatic carbocycles. The minimum absolute atomic E-state index is 0.0308. The molecule has 1 fully saturated rings. The first-order valence-electron chi connectivity index (χ1n) is 10.9. The molecule has 0 bridgehead atoms.